The molecule has 0 saturated carbocycles. The molecular weight excluding hydrogens is 528 g/mol. The first-order chi connectivity index (χ1) is 19.1. The van der Waals surface area contributed by atoms with Gasteiger partial charge in [-0.1, -0.05) is 31.2 Å². The van der Waals surface area contributed by atoms with Gasteiger partial charge in [0.1, 0.15) is 17.9 Å². The first-order valence-electron chi connectivity index (χ1n) is 12.5. The van der Waals surface area contributed by atoms with Gasteiger partial charge in [0.15, 0.2) is 5.43 Å². The number of halogens is 4. The first kappa shape index (κ1) is 28.5. The van der Waals surface area contributed by atoms with Crippen LogP contribution in [0.3, 0.4) is 0 Å². The van der Waals surface area contributed by atoms with Crippen LogP contribution in [0, 0.1) is 5.82 Å². The van der Waals surface area contributed by atoms with Gasteiger partial charge in [0.2, 0.25) is 5.91 Å². The molecule has 0 aliphatic heterocycles. The van der Waals surface area contributed by atoms with Crippen molar-refractivity contribution in [3.05, 3.63) is 117 Å². The average molecular weight is 555 g/mol. The highest BCUT2D eigenvalue weighted by Crippen LogP contribution is 2.29. The molecule has 2 amide bonds. The second-order valence-electron chi connectivity index (χ2n) is 9.26. The fourth-order valence-electron chi connectivity index (χ4n) is 4.25. The minimum absolute atomic E-state index is 0.00880. The van der Waals surface area contributed by atoms with Crippen LogP contribution >= 0.6 is 0 Å². The number of carbonyl (C=O) groups is 2. The maximum absolute atomic E-state index is 13.6. The number of rotatable bonds is 9. The molecule has 0 saturated heterocycles. The predicted molar refractivity (Wildman–Crippen MR) is 141 cm³/mol. The van der Waals surface area contributed by atoms with Crippen molar-refractivity contribution in [1.29, 1.82) is 0 Å². The van der Waals surface area contributed by atoms with Gasteiger partial charge in [-0.3, -0.25) is 14.4 Å². The molecule has 0 aliphatic rings. The van der Waals surface area contributed by atoms with Gasteiger partial charge in [-0.2, -0.15) is 13.2 Å². The molecule has 6 nitrogen and oxygen atoms in total. The summed E-state index contributed by atoms with van der Waals surface area (Å²) >= 11 is 0. The summed E-state index contributed by atoms with van der Waals surface area (Å²) in [5.41, 5.74) is 0.00610. The topological polar surface area (TPSA) is 70.8 Å². The van der Waals surface area contributed by atoms with Gasteiger partial charge in [0.05, 0.1) is 29.3 Å². The van der Waals surface area contributed by atoms with Crippen LogP contribution in [0.1, 0.15) is 40.4 Å². The Morgan fingerprint density at radius 3 is 2.20 bits per heavy atom. The van der Waals surface area contributed by atoms with Crippen LogP contribution in [0.2, 0.25) is 0 Å². The van der Waals surface area contributed by atoms with E-state index in [2.05, 4.69) is 0 Å². The van der Waals surface area contributed by atoms with Crippen molar-refractivity contribution in [3.63, 3.8) is 0 Å². The van der Waals surface area contributed by atoms with Crippen LogP contribution in [0.5, 0.6) is 0 Å². The minimum Gasteiger partial charge on any atom is -0.464 e. The van der Waals surface area contributed by atoms with Gasteiger partial charge < -0.3 is 14.2 Å². The molecule has 0 fully saturated rings. The van der Waals surface area contributed by atoms with Gasteiger partial charge in [0, 0.05) is 18.7 Å². The van der Waals surface area contributed by atoms with Crippen molar-refractivity contribution in [2.45, 2.75) is 32.6 Å². The Bertz CT molecular complexity index is 1550. The maximum atomic E-state index is 13.6. The highest BCUT2D eigenvalue weighted by molar-refractivity contribution is 5.96. The molecule has 208 valence electrons. The molecule has 0 N–H and O–H groups in total. The van der Waals surface area contributed by atoms with Crippen LogP contribution in [-0.4, -0.2) is 34.7 Å². The van der Waals surface area contributed by atoms with Crippen molar-refractivity contribution < 1.29 is 31.6 Å². The van der Waals surface area contributed by atoms with Gasteiger partial charge >= 0.3 is 6.18 Å². The molecule has 0 unspecified atom stereocenters. The van der Waals surface area contributed by atoms with E-state index in [1.54, 1.807) is 31.2 Å². The molecule has 0 atom stereocenters. The van der Waals surface area contributed by atoms with Crippen molar-refractivity contribution >= 4 is 22.8 Å². The number of amides is 2. The van der Waals surface area contributed by atoms with E-state index in [1.807, 2.05) is 0 Å². The summed E-state index contributed by atoms with van der Waals surface area (Å²) in [6, 6.07) is 16.0. The number of benzene rings is 3. The summed E-state index contributed by atoms with van der Waals surface area (Å²) < 4.78 is 58.0. The first-order valence-corrected chi connectivity index (χ1v) is 12.5. The van der Waals surface area contributed by atoms with Crippen LogP contribution in [0.15, 0.2) is 88.3 Å². The summed E-state index contributed by atoms with van der Waals surface area (Å²) in [6.45, 7) is 1.47. The molecule has 0 spiro atoms. The Hall–Kier alpha value is -4.47. The van der Waals surface area contributed by atoms with E-state index in [1.165, 1.54) is 40.3 Å². The molecule has 1 heterocycles. The molecular formula is C30H26F4N2O4. The van der Waals surface area contributed by atoms with E-state index in [0.29, 0.717) is 23.0 Å². The fraction of sp³-hybridized carbons (Fsp3) is 0.233. The van der Waals surface area contributed by atoms with Crippen LogP contribution in [0.25, 0.3) is 11.0 Å². The lowest BCUT2D eigenvalue weighted by Gasteiger charge is -2.28. The fourth-order valence-corrected chi connectivity index (χ4v) is 4.25. The van der Waals surface area contributed by atoms with Crippen molar-refractivity contribution in [3.8, 4) is 0 Å². The largest absolute Gasteiger partial charge is 0.464 e. The molecule has 1 aromatic heterocycles. The highest BCUT2D eigenvalue weighted by atomic mass is 19.4. The molecule has 0 aliphatic carbocycles. The number of fused-ring (bicyclic) bond motifs is 1. The average Bonchev–Trinajstić information content (AvgIpc) is 2.94. The van der Waals surface area contributed by atoms with Gasteiger partial charge in [-0.15, -0.1) is 0 Å². The number of nitrogens with zero attached hydrogens (tertiary/aromatic N) is 2. The number of alkyl halides is 3. The van der Waals surface area contributed by atoms with E-state index >= 15 is 0 Å². The number of para-hydroxylation sites is 1. The number of hydrogen-bond donors (Lipinski definition) is 0. The lowest BCUT2D eigenvalue weighted by Crippen LogP contribution is -2.43. The van der Waals surface area contributed by atoms with E-state index in [0.717, 1.165) is 24.3 Å². The van der Waals surface area contributed by atoms with Crippen molar-refractivity contribution in [2.24, 2.45) is 0 Å². The smallest absolute Gasteiger partial charge is 0.416 e. The van der Waals surface area contributed by atoms with Gasteiger partial charge in [0.25, 0.3) is 5.91 Å². The second kappa shape index (κ2) is 12.1. The molecule has 10 heteroatoms. The molecule has 4 rings (SSSR count). The number of hydrogen-bond acceptors (Lipinski definition) is 4. The summed E-state index contributed by atoms with van der Waals surface area (Å²) in [4.78, 5) is 42.5. The Morgan fingerprint density at radius 1 is 0.875 bits per heavy atom. The van der Waals surface area contributed by atoms with E-state index in [-0.39, 0.29) is 42.7 Å². The lowest BCUT2D eigenvalue weighted by atomic mass is 10.1. The highest BCUT2D eigenvalue weighted by Gasteiger charge is 2.31. The Kier molecular flexibility index (Phi) is 8.67. The normalized spacial score (nSPS) is 11.4. The quantitative estimate of drug-likeness (QED) is 0.237. The molecule has 3 aromatic carbocycles. The molecule has 0 radical (unpaired) electrons. The molecule has 0 bridgehead atoms. The van der Waals surface area contributed by atoms with Crippen LogP contribution < -0.4 is 5.43 Å². The van der Waals surface area contributed by atoms with Crippen molar-refractivity contribution in [2.75, 3.05) is 13.1 Å². The zero-order valence-corrected chi connectivity index (χ0v) is 21.6. The zero-order chi connectivity index (χ0) is 28.9. The lowest BCUT2D eigenvalue weighted by molar-refractivity contribution is -0.137. The van der Waals surface area contributed by atoms with E-state index < -0.39 is 29.4 Å². The second-order valence-corrected chi connectivity index (χ2v) is 9.26. The standard InChI is InChI=1S/C30H26F4N2O4/c1-2-15-35(29(39)21-9-11-23(12-10-21)30(32,33)34)18-27(37)36(16-20-7-13-24(31)14-8-20)17-22-19-40-26-6-4-3-5-25(26)28(22)38/h3-14,19H,2,15-18H2,1H3. The monoisotopic (exact) mass is 554 g/mol. The Balaban J connectivity index is 1.61. The Labute approximate surface area is 227 Å². The maximum Gasteiger partial charge on any atom is 0.416 e. The SMILES string of the molecule is CCCN(CC(=O)N(Cc1ccc(F)cc1)Cc1coc2ccccc2c1=O)C(=O)c1ccc(C(F)(F)F)cc1. The van der Waals surface area contributed by atoms with Crippen molar-refractivity contribution in [1.82, 2.24) is 9.80 Å². The molecule has 4 aromatic rings. The van der Waals surface area contributed by atoms with Crippen LogP contribution in [0.4, 0.5) is 17.6 Å². The summed E-state index contributed by atoms with van der Waals surface area (Å²) in [5, 5.41) is 0.347. The van der Waals surface area contributed by atoms with Gasteiger partial charge in [-0.25, -0.2) is 4.39 Å². The third-order valence-electron chi connectivity index (χ3n) is 6.32. The predicted octanol–water partition coefficient (Wildman–Crippen LogP) is 6.03. The van der Waals surface area contributed by atoms with E-state index in [9.17, 15) is 31.9 Å². The summed E-state index contributed by atoms with van der Waals surface area (Å²) in [7, 11) is 0. The summed E-state index contributed by atoms with van der Waals surface area (Å²) in [6.07, 6.45) is -2.77. The Morgan fingerprint density at radius 2 is 1.55 bits per heavy atom. The zero-order valence-electron chi connectivity index (χ0n) is 21.6. The minimum atomic E-state index is -4.54. The number of carbonyl (C=O) groups excluding carboxylic acids is 2. The van der Waals surface area contributed by atoms with Gasteiger partial charge in [-0.05, 0) is 60.5 Å². The van der Waals surface area contributed by atoms with Crippen LogP contribution in [-0.2, 0) is 24.1 Å². The van der Waals surface area contributed by atoms with E-state index in [4.69, 9.17) is 4.42 Å². The molecule has 40 heavy (non-hydrogen) atoms. The third-order valence-corrected chi connectivity index (χ3v) is 6.32. The third kappa shape index (κ3) is 6.74. The summed E-state index contributed by atoms with van der Waals surface area (Å²) in [5.74, 6) is -1.56.